The fourth-order valence-corrected chi connectivity index (χ4v) is 4.55. The third-order valence-corrected chi connectivity index (χ3v) is 6.53. The zero-order valence-electron chi connectivity index (χ0n) is 17.4. The molecule has 9 heteroatoms. The molecule has 0 aromatic heterocycles. The van der Waals surface area contributed by atoms with Crippen molar-refractivity contribution in [2.24, 2.45) is 0 Å². The minimum absolute atomic E-state index is 0. The molecule has 2 bridgehead atoms. The summed E-state index contributed by atoms with van der Waals surface area (Å²) in [5.41, 5.74) is -4.78. The summed E-state index contributed by atoms with van der Waals surface area (Å²) in [7, 11) is 4.10. The molecule has 0 aliphatic carbocycles. The normalized spacial score (nSPS) is 23.5. The number of hydrogen-bond acceptors (Lipinski definition) is 3. The van der Waals surface area contributed by atoms with Gasteiger partial charge in [0.05, 0.1) is 14.1 Å². The molecule has 2 unspecified atom stereocenters. The Bertz CT molecular complexity index is 1010. The Morgan fingerprint density at radius 2 is 1.38 bits per heavy atom. The predicted octanol–water partition coefficient (Wildman–Crippen LogP) is 0.572. The van der Waals surface area contributed by atoms with E-state index in [1.807, 2.05) is 26.2 Å². The van der Waals surface area contributed by atoms with E-state index in [2.05, 4.69) is 0 Å². The maximum absolute atomic E-state index is 14.6. The minimum Gasteiger partial charge on any atom is -1.00 e. The summed E-state index contributed by atoms with van der Waals surface area (Å²) in [6.45, 7) is 0. The molecule has 2 aliphatic heterocycles. The van der Waals surface area contributed by atoms with Crippen LogP contribution in [0.5, 0.6) is 0 Å². The number of aliphatic hydroxyl groups is 1. The number of hydrogen-bond donors (Lipinski definition) is 1. The van der Waals surface area contributed by atoms with E-state index in [9.17, 15) is 27.5 Å². The fraction of sp³-hybridized carbons (Fsp3) is 0.348. The summed E-state index contributed by atoms with van der Waals surface area (Å²) in [4.78, 5) is 13.2. The van der Waals surface area contributed by atoms with Crippen molar-refractivity contribution in [1.29, 1.82) is 0 Å². The Balaban J connectivity index is 0.00000289. The van der Waals surface area contributed by atoms with Crippen molar-refractivity contribution in [1.82, 2.24) is 0 Å². The van der Waals surface area contributed by atoms with E-state index in [1.165, 1.54) is 0 Å². The van der Waals surface area contributed by atoms with Crippen LogP contribution in [0.1, 0.15) is 24.0 Å². The molecule has 0 radical (unpaired) electrons. The summed E-state index contributed by atoms with van der Waals surface area (Å²) in [6, 6.07) is 5.73. The van der Waals surface area contributed by atoms with Crippen LogP contribution >= 0.6 is 0 Å². The number of benzene rings is 2. The highest BCUT2D eigenvalue weighted by atomic mass is 79.9. The molecule has 2 aromatic rings. The third-order valence-electron chi connectivity index (χ3n) is 6.53. The van der Waals surface area contributed by atoms with Gasteiger partial charge in [-0.3, -0.25) is 0 Å². The van der Waals surface area contributed by atoms with Crippen LogP contribution in [0.2, 0.25) is 0 Å². The summed E-state index contributed by atoms with van der Waals surface area (Å²) in [5.74, 6) is -7.18. The van der Waals surface area contributed by atoms with E-state index >= 15 is 0 Å². The highest BCUT2D eigenvalue weighted by Gasteiger charge is 2.51. The zero-order valence-corrected chi connectivity index (χ0v) is 19.0. The van der Waals surface area contributed by atoms with Crippen LogP contribution in [0.3, 0.4) is 0 Å². The van der Waals surface area contributed by atoms with Gasteiger partial charge in [0, 0.05) is 24.0 Å². The third kappa shape index (κ3) is 3.76. The molecule has 0 amide bonds. The van der Waals surface area contributed by atoms with Crippen molar-refractivity contribution in [3.8, 4) is 0 Å². The summed E-state index contributed by atoms with van der Waals surface area (Å²) < 4.78 is 63.3. The minimum atomic E-state index is -3.08. The molecule has 1 N–H and O–H groups in total. The van der Waals surface area contributed by atoms with Crippen molar-refractivity contribution in [2.75, 3.05) is 14.1 Å². The number of rotatable bonds is 4. The van der Waals surface area contributed by atoms with Crippen LogP contribution in [-0.2, 0) is 15.1 Å². The Morgan fingerprint density at radius 1 is 0.938 bits per heavy atom. The summed E-state index contributed by atoms with van der Waals surface area (Å²) in [6.07, 6.45) is 4.31. The molecule has 1 saturated heterocycles. The molecule has 2 heterocycles. The van der Waals surface area contributed by atoms with Crippen LogP contribution in [0, 0.1) is 23.3 Å². The van der Waals surface area contributed by atoms with Gasteiger partial charge in [-0.25, -0.2) is 22.4 Å². The summed E-state index contributed by atoms with van der Waals surface area (Å²) >= 11 is 0. The average molecular weight is 516 g/mol. The van der Waals surface area contributed by atoms with Crippen LogP contribution < -0.4 is 17.0 Å². The molecule has 172 valence electrons. The molecule has 3 atom stereocenters. The molecule has 2 aliphatic rings. The van der Waals surface area contributed by atoms with Crippen molar-refractivity contribution < 1.29 is 53.7 Å². The molecule has 0 saturated carbocycles. The maximum atomic E-state index is 14.6. The number of esters is 1. The first kappa shape index (κ1) is 24.4. The van der Waals surface area contributed by atoms with E-state index in [0.717, 1.165) is 36.4 Å². The van der Waals surface area contributed by atoms with E-state index in [1.54, 1.807) is 0 Å². The van der Waals surface area contributed by atoms with Gasteiger partial charge < -0.3 is 31.3 Å². The topological polar surface area (TPSA) is 46.5 Å². The molecule has 4 nitrogen and oxygen atoms in total. The van der Waals surface area contributed by atoms with Gasteiger partial charge in [-0.05, 0) is 24.3 Å². The van der Waals surface area contributed by atoms with Crippen molar-refractivity contribution in [3.63, 3.8) is 0 Å². The molecular formula is C23H22BrF4NO3. The summed E-state index contributed by atoms with van der Waals surface area (Å²) in [5, 5.41) is 11.3. The number of carbonyl (C=O) groups excluding carboxylic acids is 1. The maximum Gasteiger partial charge on any atom is 0.348 e. The lowest BCUT2D eigenvalue weighted by Gasteiger charge is -2.44. The Kier molecular flexibility index (Phi) is 6.57. The number of piperidine rings is 1. The van der Waals surface area contributed by atoms with Gasteiger partial charge in [-0.1, -0.05) is 24.3 Å². The van der Waals surface area contributed by atoms with Gasteiger partial charge in [-0.15, -0.1) is 0 Å². The van der Waals surface area contributed by atoms with Crippen LogP contribution in [0.15, 0.2) is 48.6 Å². The zero-order chi connectivity index (χ0) is 22.6. The van der Waals surface area contributed by atoms with Gasteiger partial charge in [0.25, 0.3) is 0 Å². The van der Waals surface area contributed by atoms with Gasteiger partial charge in [0.15, 0.2) is 23.3 Å². The van der Waals surface area contributed by atoms with E-state index in [4.69, 9.17) is 4.74 Å². The van der Waals surface area contributed by atoms with E-state index in [-0.39, 0.29) is 29.1 Å². The lowest BCUT2D eigenvalue weighted by Crippen LogP contribution is -3.00. The monoisotopic (exact) mass is 515 g/mol. The van der Waals surface area contributed by atoms with Crippen molar-refractivity contribution in [3.05, 3.63) is 82.9 Å². The lowest BCUT2D eigenvalue weighted by molar-refractivity contribution is -0.926. The molecule has 1 fully saturated rings. The smallest absolute Gasteiger partial charge is 0.348 e. The SMILES string of the molecule is C[N+]1(C)C2C=C[C@@H]1CC(OC(=O)C(O)(c1cccc(F)c1F)c1cccc(F)c1F)C2.[Br-]. The predicted molar refractivity (Wildman–Crippen MR) is 104 cm³/mol. The van der Waals surface area contributed by atoms with Gasteiger partial charge in [0.1, 0.15) is 18.2 Å². The lowest BCUT2D eigenvalue weighted by atomic mass is 9.85. The number of fused-ring (bicyclic) bond motifs is 2. The van der Waals surface area contributed by atoms with Gasteiger partial charge in [0.2, 0.25) is 5.60 Å². The number of halogens is 5. The van der Waals surface area contributed by atoms with Crippen molar-refractivity contribution in [2.45, 2.75) is 36.6 Å². The first-order chi connectivity index (χ1) is 14.6. The molecule has 0 spiro atoms. The van der Waals surface area contributed by atoms with E-state index in [0.29, 0.717) is 17.3 Å². The van der Waals surface area contributed by atoms with Gasteiger partial charge >= 0.3 is 5.97 Å². The number of likely N-dealkylation sites (N-methyl/N-ethyl adjacent to an activating group) is 1. The highest BCUT2D eigenvalue weighted by Crippen LogP contribution is 2.39. The molecule has 4 rings (SSSR count). The second kappa shape index (κ2) is 8.61. The van der Waals surface area contributed by atoms with Crippen LogP contribution in [-0.4, -0.2) is 47.8 Å². The molecule has 32 heavy (non-hydrogen) atoms. The fourth-order valence-electron chi connectivity index (χ4n) is 4.55. The number of nitrogens with zero attached hydrogens (tertiary/aromatic N) is 1. The average Bonchev–Trinajstić information content (AvgIpc) is 2.88. The number of carbonyl (C=O) groups is 1. The Morgan fingerprint density at radius 3 is 1.81 bits per heavy atom. The second-order valence-corrected chi connectivity index (χ2v) is 8.56. The van der Waals surface area contributed by atoms with Crippen molar-refractivity contribution >= 4 is 5.97 Å². The van der Waals surface area contributed by atoms with Crippen LogP contribution in [0.25, 0.3) is 0 Å². The standard InChI is InChI=1S/C23H22F4NO3.BrH/c1-28(2)13-9-10-14(28)12-15(11-13)31-22(29)23(30,16-5-3-7-18(24)20(16)26)17-6-4-8-19(25)21(17)27;/h3-10,13-15,30H,11-12H2,1-2H3;1H/q+1;/p-1/t13-,14?,15?;/m1./s1. The van der Waals surface area contributed by atoms with Gasteiger partial charge in [-0.2, -0.15) is 0 Å². The highest BCUT2D eigenvalue weighted by molar-refractivity contribution is 5.85. The van der Waals surface area contributed by atoms with E-state index < -0.39 is 52.1 Å². The Hall–Kier alpha value is -2.23. The first-order valence-corrected chi connectivity index (χ1v) is 9.91. The second-order valence-electron chi connectivity index (χ2n) is 8.56. The number of ether oxygens (including phenoxy) is 1. The Labute approximate surface area is 193 Å². The first-order valence-electron chi connectivity index (χ1n) is 9.91. The molecule has 2 aromatic carbocycles. The largest absolute Gasteiger partial charge is 1.00 e. The van der Waals surface area contributed by atoms with Crippen LogP contribution in [0.4, 0.5) is 17.6 Å². The quantitative estimate of drug-likeness (QED) is 0.280. The number of quaternary nitrogens is 1. The molecular weight excluding hydrogens is 494 g/mol.